The van der Waals surface area contributed by atoms with Crippen molar-refractivity contribution in [2.75, 3.05) is 19.0 Å². The minimum absolute atomic E-state index is 0.420. The van der Waals surface area contributed by atoms with E-state index in [-0.39, 0.29) is 0 Å². The number of nitrogens with one attached hydrogen (secondary N) is 1. The van der Waals surface area contributed by atoms with Gasteiger partial charge in [-0.15, -0.1) is 10.2 Å². The van der Waals surface area contributed by atoms with Gasteiger partial charge in [-0.3, -0.25) is 0 Å². The van der Waals surface area contributed by atoms with Crippen molar-refractivity contribution in [1.29, 1.82) is 0 Å². The van der Waals surface area contributed by atoms with Crippen LogP contribution in [-0.2, 0) is 18.2 Å². The second-order valence-corrected chi connectivity index (χ2v) is 4.28. The molecule has 0 saturated carbocycles. The predicted molar refractivity (Wildman–Crippen MR) is 62.5 cm³/mol. The van der Waals surface area contributed by atoms with Crippen molar-refractivity contribution >= 4 is 5.95 Å². The van der Waals surface area contributed by atoms with Gasteiger partial charge in [-0.05, 0) is 25.7 Å². The summed E-state index contributed by atoms with van der Waals surface area (Å²) in [6, 6.07) is 0. The maximum atomic E-state index is 5.70. The van der Waals surface area contributed by atoms with Crippen LogP contribution in [0, 0.1) is 0 Å². The summed E-state index contributed by atoms with van der Waals surface area (Å²) in [4.78, 5) is 0. The molecule has 1 aliphatic heterocycles. The molecule has 0 aliphatic carbocycles. The number of hydrogen-bond acceptors (Lipinski definition) is 4. The van der Waals surface area contributed by atoms with Crippen LogP contribution in [0.2, 0.25) is 0 Å². The van der Waals surface area contributed by atoms with Crippen molar-refractivity contribution in [3.05, 3.63) is 5.82 Å². The molecule has 1 fully saturated rings. The zero-order valence-electron chi connectivity index (χ0n) is 10.1. The summed E-state index contributed by atoms with van der Waals surface area (Å²) in [7, 11) is 3.85. The number of ether oxygens (including phenoxy) is 1. The van der Waals surface area contributed by atoms with Gasteiger partial charge in [0.25, 0.3) is 0 Å². The standard InChI is InChI=1S/C11H20N4O/c1-12-11-14-13-10(15(11)2)7-6-9-5-3-4-8-16-9/h9H,3-8H2,1-2H3,(H,12,14). The van der Waals surface area contributed by atoms with Crippen LogP contribution in [0.1, 0.15) is 31.5 Å². The minimum Gasteiger partial charge on any atom is -0.378 e. The lowest BCUT2D eigenvalue weighted by Gasteiger charge is -2.22. The van der Waals surface area contributed by atoms with Crippen LogP contribution in [0.15, 0.2) is 0 Å². The van der Waals surface area contributed by atoms with E-state index in [1.54, 1.807) is 0 Å². The first-order chi connectivity index (χ1) is 7.81. The quantitative estimate of drug-likeness (QED) is 0.839. The lowest BCUT2D eigenvalue weighted by Crippen LogP contribution is -2.20. The first-order valence-corrected chi connectivity index (χ1v) is 5.99. The molecule has 1 aromatic rings. The molecule has 2 rings (SSSR count). The van der Waals surface area contributed by atoms with Crippen molar-refractivity contribution in [2.24, 2.45) is 7.05 Å². The predicted octanol–water partition coefficient (Wildman–Crippen LogP) is 1.36. The van der Waals surface area contributed by atoms with Gasteiger partial charge in [0.15, 0.2) is 0 Å². The van der Waals surface area contributed by atoms with Gasteiger partial charge in [0.05, 0.1) is 6.10 Å². The Balaban J connectivity index is 1.86. The molecule has 1 atom stereocenters. The second kappa shape index (κ2) is 5.30. The summed E-state index contributed by atoms with van der Waals surface area (Å²) in [5, 5.41) is 11.2. The van der Waals surface area contributed by atoms with E-state index in [0.717, 1.165) is 31.2 Å². The Morgan fingerprint density at radius 3 is 2.94 bits per heavy atom. The van der Waals surface area contributed by atoms with Gasteiger partial charge in [0.2, 0.25) is 5.95 Å². The lowest BCUT2D eigenvalue weighted by molar-refractivity contribution is 0.0111. The summed E-state index contributed by atoms with van der Waals surface area (Å²) in [5.74, 6) is 1.85. The van der Waals surface area contributed by atoms with Crippen molar-refractivity contribution in [3.63, 3.8) is 0 Å². The molecule has 1 aromatic heterocycles. The molecule has 1 saturated heterocycles. The zero-order valence-corrected chi connectivity index (χ0v) is 10.1. The van der Waals surface area contributed by atoms with E-state index in [1.165, 1.54) is 19.3 Å². The fourth-order valence-corrected chi connectivity index (χ4v) is 2.12. The van der Waals surface area contributed by atoms with Crippen LogP contribution in [0.5, 0.6) is 0 Å². The highest BCUT2D eigenvalue weighted by Gasteiger charge is 2.15. The fourth-order valence-electron chi connectivity index (χ4n) is 2.12. The van der Waals surface area contributed by atoms with Crippen molar-refractivity contribution in [3.8, 4) is 0 Å². The van der Waals surface area contributed by atoms with E-state index in [4.69, 9.17) is 4.74 Å². The second-order valence-electron chi connectivity index (χ2n) is 4.28. The van der Waals surface area contributed by atoms with Gasteiger partial charge < -0.3 is 14.6 Å². The van der Waals surface area contributed by atoms with Crippen LogP contribution in [-0.4, -0.2) is 34.5 Å². The molecular formula is C11H20N4O. The maximum absolute atomic E-state index is 5.70. The van der Waals surface area contributed by atoms with Gasteiger partial charge in [-0.2, -0.15) is 0 Å². The molecule has 16 heavy (non-hydrogen) atoms. The topological polar surface area (TPSA) is 52.0 Å². The largest absolute Gasteiger partial charge is 0.378 e. The molecule has 5 nitrogen and oxygen atoms in total. The van der Waals surface area contributed by atoms with Crippen LogP contribution in [0.3, 0.4) is 0 Å². The normalized spacial score (nSPS) is 21.0. The smallest absolute Gasteiger partial charge is 0.224 e. The Bertz CT molecular complexity index is 331. The molecule has 0 radical (unpaired) electrons. The van der Waals surface area contributed by atoms with E-state index >= 15 is 0 Å². The molecule has 2 heterocycles. The van der Waals surface area contributed by atoms with E-state index in [0.29, 0.717) is 6.10 Å². The molecule has 0 aromatic carbocycles. The van der Waals surface area contributed by atoms with Gasteiger partial charge in [0, 0.05) is 27.1 Å². The van der Waals surface area contributed by atoms with Crippen molar-refractivity contribution in [2.45, 2.75) is 38.2 Å². The van der Waals surface area contributed by atoms with Crippen LogP contribution in [0.4, 0.5) is 5.95 Å². The highest BCUT2D eigenvalue weighted by atomic mass is 16.5. The first kappa shape index (κ1) is 11.4. The number of anilines is 1. The monoisotopic (exact) mass is 224 g/mol. The number of rotatable bonds is 4. The Morgan fingerprint density at radius 2 is 2.31 bits per heavy atom. The summed E-state index contributed by atoms with van der Waals surface area (Å²) >= 11 is 0. The average molecular weight is 224 g/mol. The zero-order chi connectivity index (χ0) is 11.4. The molecule has 1 aliphatic rings. The molecule has 0 spiro atoms. The highest BCUT2D eigenvalue weighted by Crippen LogP contribution is 2.17. The molecular weight excluding hydrogens is 204 g/mol. The van der Waals surface area contributed by atoms with E-state index in [9.17, 15) is 0 Å². The summed E-state index contributed by atoms with van der Waals surface area (Å²) in [6.07, 6.45) is 6.11. The molecule has 0 bridgehead atoms. The van der Waals surface area contributed by atoms with Crippen LogP contribution < -0.4 is 5.32 Å². The van der Waals surface area contributed by atoms with Crippen molar-refractivity contribution in [1.82, 2.24) is 14.8 Å². The van der Waals surface area contributed by atoms with E-state index < -0.39 is 0 Å². The molecule has 90 valence electrons. The summed E-state index contributed by atoms with van der Waals surface area (Å²) in [6.45, 7) is 0.922. The Hall–Kier alpha value is -1.10. The number of aromatic nitrogens is 3. The van der Waals surface area contributed by atoms with Gasteiger partial charge >= 0.3 is 0 Å². The van der Waals surface area contributed by atoms with Gasteiger partial charge in [-0.25, -0.2) is 0 Å². The first-order valence-electron chi connectivity index (χ1n) is 5.99. The number of hydrogen-bond donors (Lipinski definition) is 1. The third kappa shape index (κ3) is 2.52. The summed E-state index contributed by atoms with van der Waals surface area (Å²) < 4.78 is 7.70. The van der Waals surface area contributed by atoms with Gasteiger partial charge in [0.1, 0.15) is 5.82 Å². The molecule has 1 N–H and O–H groups in total. The third-order valence-electron chi connectivity index (χ3n) is 3.15. The van der Waals surface area contributed by atoms with E-state index in [2.05, 4.69) is 15.5 Å². The van der Waals surface area contributed by atoms with Gasteiger partial charge in [-0.1, -0.05) is 0 Å². The summed E-state index contributed by atoms with van der Waals surface area (Å²) in [5.41, 5.74) is 0. The molecule has 0 amide bonds. The van der Waals surface area contributed by atoms with Crippen LogP contribution >= 0.6 is 0 Å². The highest BCUT2D eigenvalue weighted by molar-refractivity contribution is 5.23. The fraction of sp³-hybridized carbons (Fsp3) is 0.818. The number of nitrogens with zero attached hydrogens (tertiary/aromatic N) is 3. The third-order valence-corrected chi connectivity index (χ3v) is 3.15. The minimum atomic E-state index is 0.420. The maximum Gasteiger partial charge on any atom is 0.224 e. The average Bonchev–Trinajstić information content (AvgIpc) is 2.69. The Morgan fingerprint density at radius 1 is 1.44 bits per heavy atom. The van der Waals surface area contributed by atoms with Crippen LogP contribution in [0.25, 0.3) is 0 Å². The Kier molecular flexibility index (Phi) is 3.77. The Labute approximate surface area is 96.2 Å². The van der Waals surface area contributed by atoms with Crippen molar-refractivity contribution < 1.29 is 4.74 Å². The molecule has 5 heteroatoms. The van der Waals surface area contributed by atoms with E-state index in [1.807, 2.05) is 18.7 Å². The SMILES string of the molecule is CNc1nnc(CCC2CCCCO2)n1C. The number of aryl methyl sites for hydroxylation is 1. The molecule has 1 unspecified atom stereocenters. The lowest BCUT2D eigenvalue weighted by atomic mass is 10.0.